The minimum atomic E-state index is 0. The number of guanidine groups is 1. The SMILES string of the molecule is CN=C(N)N.Cl. The Kier molecular flexibility index (Phi) is 6.93. The third-order valence-electron chi connectivity index (χ3n) is 0.258. The molecule has 0 saturated carbocycles. The molecule has 0 aromatic carbocycles. The fourth-order valence-electron chi connectivity index (χ4n) is 0. The Bertz CT molecular complexity index is 46.8. The summed E-state index contributed by atoms with van der Waals surface area (Å²) in [5.41, 5.74) is 9.64. The maximum Gasteiger partial charge on any atom is 0.185 e. The van der Waals surface area contributed by atoms with Gasteiger partial charge >= 0.3 is 0 Å². The van der Waals surface area contributed by atoms with E-state index in [-0.39, 0.29) is 18.4 Å². The van der Waals surface area contributed by atoms with Gasteiger partial charge in [-0.25, -0.2) is 0 Å². The van der Waals surface area contributed by atoms with Crippen molar-refractivity contribution in [2.24, 2.45) is 16.5 Å². The van der Waals surface area contributed by atoms with Gasteiger partial charge in [0, 0.05) is 7.05 Å². The Labute approximate surface area is 42.8 Å². The van der Waals surface area contributed by atoms with E-state index in [9.17, 15) is 0 Å². The average Bonchev–Trinajstić information content (AvgIpc) is 1.38. The van der Waals surface area contributed by atoms with E-state index < -0.39 is 0 Å². The fourth-order valence-corrected chi connectivity index (χ4v) is 0. The van der Waals surface area contributed by atoms with Gasteiger partial charge in [-0.3, -0.25) is 4.99 Å². The van der Waals surface area contributed by atoms with Crippen molar-refractivity contribution in [2.45, 2.75) is 0 Å². The lowest BCUT2D eigenvalue weighted by Crippen LogP contribution is -2.21. The van der Waals surface area contributed by atoms with Crippen LogP contribution < -0.4 is 11.5 Å². The van der Waals surface area contributed by atoms with Crippen LogP contribution in [-0.4, -0.2) is 13.0 Å². The van der Waals surface area contributed by atoms with Crippen LogP contribution in [0.2, 0.25) is 0 Å². The van der Waals surface area contributed by atoms with Crippen molar-refractivity contribution in [1.82, 2.24) is 0 Å². The van der Waals surface area contributed by atoms with Crippen LogP contribution in [0.15, 0.2) is 4.99 Å². The van der Waals surface area contributed by atoms with E-state index in [1.165, 1.54) is 7.05 Å². The lowest BCUT2D eigenvalue weighted by atomic mass is 11.1. The summed E-state index contributed by atoms with van der Waals surface area (Å²) in [6.07, 6.45) is 0. The summed E-state index contributed by atoms with van der Waals surface area (Å²) in [6, 6.07) is 0. The number of halogens is 1. The van der Waals surface area contributed by atoms with Crippen LogP contribution in [0, 0.1) is 0 Å². The summed E-state index contributed by atoms with van der Waals surface area (Å²) in [6.45, 7) is 0. The molecule has 0 bridgehead atoms. The van der Waals surface area contributed by atoms with Crippen molar-refractivity contribution < 1.29 is 0 Å². The van der Waals surface area contributed by atoms with Crippen molar-refractivity contribution in [3.05, 3.63) is 0 Å². The van der Waals surface area contributed by atoms with E-state index in [0.717, 1.165) is 0 Å². The van der Waals surface area contributed by atoms with Gasteiger partial charge in [-0.05, 0) is 0 Å². The van der Waals surface area contributed by atoms with Gasteiger partial charge in [-0.15, -0.1) is 12.4 Å². The highest BCUT2D eigenvalue weighted by Gasteiger charge is 1.61. The molecule has 0 aromatic rings. The zero-order valence-corrected chi connectivity index (χ0v) is 4.33. The first kappa shape index (κ1) is 9.12. The molecule has 0 rings (SSSR count). The van der Waals surface area contributed by atoms with Crippen LogP contribution >= 0.6 is 12.4 Å². The molecule has 0 spiro atoms. The molecule has 0 aliphatic rings. The number of nitrogens with zero attached hydrogens (tertiary/aromatic N) is 1. The highest BCUT2D eigenvalue weighted by atomic mass is 35.5. The Morgan fingerprint density at radius 3 is 1.67 bits per heavy atom. The molecular weight excluding hydrogens is 101 g/mol. The second-order valence-electron chi connectivity index (χ2n) is 0.648. The average molecular weight is 110 g/mol. The van der Waals surface area contributed by atoms with Crippen LogP contribution in [-0.2, 0) is 0 Å². The zero-order valence-electron chi connectivity index (χ0n) is 3.51. The van der Waals surface area contributed by atoms with Crippen LogP contribution in [0.1, 0.15) is 0 Å². The first-order valence-corrected chi connectivity index (χ1v) is 1.25. The first-order valence-electron chi connectivity index (χ1n) is 1.25. The molecule has 0 atom stereocenters. The first-order chi connectivity index (χ1) is 2.27. The number of rotatable bonds is 0. The van der Waals surface area contributed by atoms with E-state index in [1.807, 2.05) is 0 Å². The highest BCUT2D eigenvalue weighted by Crippen LogP contribution is 1.40. The van der Waals surface area contributed by atoms with Crippen LogP contribution in [0.4, 0.5) is 0 Å². The Morgan fingerprint density at radius 2 is 1.67 bits per heavy atom. The highest BCUT2D eigenvalue weighted by molar-refractivity contribution is 5.85. The van der Waals surface area contributed by atoms with E-state index in [4.69, 9.17) is 11.5 Å². The summed E-state index contributed by atoms with van der Waals surface area (Å²) >= 11 is 0. The maximum atomic E-state index is 4.82. The monoisotopic (exact) mass is 109 g/mol. The Morgan fingerprint density at radius 1 is 1.50 bits per heavy atom. The molecule has 6 heavy (non-hydrogen) atoms. The van der Waals surface area contributed by atoms with Gasteiger partial charge in [0.25, 0.3) is 0 Å². The molecule has 0 unspecified atom stereocenters. The summed E-state index contributed by atoms with van der Waals surface area (Å²) in [5.74, 6) is 0.130. The standard InChI is InChI=1S/C2H7N3.ClH/c1-5-2(3)4;/h1H3,(H4,3,4,5);1H. The largest absolute Gasteiger partial charge is 0.370 e. The molecule has 4 heteroatoms. The normalized spacial score (nSPS) is 5.50. The Hall–Kier alpha value is -0.440. The molecule has 38 valence electrons. The van der Waals surface area contributed by atoms with Gasteiger partial charge < -0.3 is 11.5 Å². The van der Waals surface area contributed by atoms with Crippen LogP contribution in [0.5, 0.6) is 0 Å². The molecule has 0 radical (unpaired) electrons. The van der Waals surface area contributed by atoms with Gasteiger partial charge in [0.15, 0.2) is 5.96 Å². The molecule has 0 heterocycles. The van der Waals surface area contributed by atoms with Gasteiger partial charge in [0.2, 0.25) is 0 Å². The third-order valence-corrected chi connectivity index (χ3v) is 0.258. The molecule has 3 nitrogen and oxygen atoms in total. The molecule has 0 aliphatic carbocycles. The third kappa shape index (κ3) is 9.59. The minimum absolute atomic E-state index is 0. The lowest BCUT2D eigenvalue weighted by molar-refractivity contribution is 1.36. The predicted octanol–water partition coefficient (Wildman–Crippen LogP) is -0.689. The molecule has 0 aromatic heterocycles. The van der Waals surface area contributed by atoms with Crippen molar-refractivity contribution in [3.63, 3.8) is 0 Å². The van der Waals surface area contributed by atoms with Crippen molar-refractivity contribution >= 4 is 18.4 Å². The second kappa shape index (κ2) is 4.56. The van der Waals surface area contributed by atoms with Crippen molar-refractivity contribution in [2.75, 3.05) is 7.05 Å². The molecule has 0 aliphatic heterocycles. The van der Waals surface area contributed by atoms with Gasteiger partial charge in [-0.1, -0.05) is 0 Å². The predicted molar refractivity (Wildman–Crippen MR) is 29.0 cm³/mol. The van der Waals surface area contributed by atoms with E-state index in [2.05, 4.69) is 4.99 Å². The number of hydrogen-bond acceptors (Lipinski definition) is 1. The topological polar surface area (TPSA) is 64.4 Å². The van der Waals surface area contributed by atoms with E-state index >= 15 is 0 Å². The maximum absolute atomic E-state index is 4.82. The molecular formula is C2H8ClN3. The van der Waals surface area contributed by atoms with Crippen molar-refractivity contribution in [3.8, 4) is 0 Å². The van der Waals surface area contributed by atoms with Gasteiger partial charge in [-0.2, -0.15) is 0 Å². The lowest BCUT2D eigenvalue weighted by Gasteiger charge is -1.77. The van der Waals surface area contributed by atoms with Gasteiger partial charge in [0.05, 0.1) is 0 Å². The van der Waals surface area contributed by atoms with E-state index in [1.54, 1.807) is 0 Å². The summed E-state index contributed by atoms with van der Waals surface area (Å²) in [5, 5.41) is 0. The number of aliphatic imine (C=N–C) groups is 1. The summed E-state index contributed by atoms with van der Waals surface area (Å²) in [4.78, 5) is 3.36. The summed E-state index contributed by atoms with van der Waals surface area (Å²) in [7, 11) is 1.54. The minimum Gasteiger partial charge on any atom is -0.370 e. The fraction of sp³-hybridized carbons (Fsp3) is 0.500. The number of hydrogen-bond donors (Lipinski definition) is 2. The quantitative estimate of drug-likeness (QED) is 0.320. The Balaban J connectivity index is 0. The summed E-state index contributed by atoms with van der Waals surface area (Å²) < 4.78 is 0. The van der Waals surface area contributed by atoms with E-state index in [0.29, 0.717) is 0 Å². The molecule has 0 amide bonds. The molecule has 0 fully saturated rings. The zero-order chi connectivity index (χ0) is 4.28. The second-order valence-corrected chi connectivity index (χ2v) is 0.648. The van der Waals surface area contributed by atoms with Gasteiger partial charge in [0.1, 0.15) is 0 Å². The van der Waals surface area contributed by atoms with Crippen molar-refractivity contribution in [1.29, 1.82) is 0 Å². The van der Waals surface area contributed by atoms with Crippen LogP contribution in [0.25, 0.3) is 0 Å². The molecule has 4 N–H and O–H groups in total. The number of nitrogens with two attached hydrogens (primary N) is 2. The molecule has 0 saturated heterocycles. The smallest absolute Gasteiger partial charge is 0.185 e. The van der Waals surface area contributed by atoms with Crippen LogP contribution in [0.3, 0.4) is 0 Å².